The Labute approximate surface area is 194 Å². The Morgan fingerprint density at radius 2 is 1.65 bits per heavy atom. The number of benzene rings is 2. The summed E-state index contributed by atoms with van der Waals surface area (Å²) < 4.78 is 0. The van der Waals surface area contributed by atoms with Crippen LogP contribution in [0.25, 0.3) is 11.3 Å². The van der Waals surface area contributed by atoms with Gasteiger partial charge in [0.2, 0.25) is 5.95 Å². The van der Waals surface area contributed by atoms with E-state index in [1.165, 1.54) is 37.7 Å². The third kappa shape index (κ3) is 5.90. The van der Waals surface area contributed by atoms with Crippen LogP contribution in [-0.2, 0) is 6.42 Å². The summed E-state index contributed by atoms with van der Waals surface area (Å²) in [4.78, 5) is 8.66. The highest BCUT2D eigenvalue weighted by Gasteiger charge is 2.21. The van der Waals surface area contributed by atoms with Crippen molar-refractivity contribution in [2.24, 2.45) is 11.8 Å². The molecule has 2 aromatic carbocycles. The fourth-order valence-electron chi connectivity index (χ4n) is 4.47. The molecule has 1 fully saturated rings. The summed E-state index contributed by atoms with van der Waals surface area (Å²) in [7, 11) is 0. The van der Waals surface area contributed by atoms with Crippen molar-refractivity contribution < 1.29 is 0 Å². The fraction of sp³-hybridized carbons (Fsp3) is 0.360. The minimum absolute atomic E-state index is 0.220. The molecule has 0 spiro atoms. The Bertz CT molecular complexity index is 1000. The van der Waals surface area contributed by atoms with E-state index < -0.39 is 0 Å². The molecular formula is C25H28Cl2N4. The first-order valence-corrected chi connectivity index (χ1v) is 11.7. The molecule has 162 valence electrons. The van der Waals surface area contributed by atoms with Gasteiger partial charge < -0.3 is 11.1 Å². The lowest BCUT2D eigenvalue weighted by Crippen LogP contribution is -2.19. The lowest BCUT2D eigenvalue weighted by atomic mass is 9.78. The minimum Gasteiger partial charge on any atom is -0.370 e. The highest BCUT2D eigenvalue weighted by molar-refractivity contribution is 6.43. The first-order chi connectivity index (χ1) is 15.1. The van der Waals surface area contributed by atoms with Gasteiger partial charge >= 0.3 is 0 Å². The molecule has 1 aromatic heterocycles. The normalized spacial score (nSPS) is 18.6. The monoisotopic (exact) mass is 454 g/mol. The zero-order valence-electron chi connectivity index (χ0n) is 17.5. The number of nitrogen functional groups attached to an aromatic ring is 1. The molecule has 1 saturated carbocycles. The van der Waals surface area contributed by atoms with E-state index >= 15 is 0 Å². The average Bonchev–Trinajstić information content (AvgIpc) is 2.77. The van der Waals surface area contributed by atoms with E-state index in [4.69, 9.17) is 28.9 Å². The van der Waals surface area contributed by atoms with Gasteiger partial charge in [0, 0.05) is 18.2 Å². The van der Waals surface area contributed by atoms with Gasteiger partial charge in [-0.25, -0.2) is 4.98 Å². The molecule has 1 heterocycles. The highest BCUT2D eigenvalue weighted by Crippen LogP contribution is 2.34. The van der Waals surface area contributed by atoms with Crippen molar-refractivity contribution in [1.29, 1.82) is 0 Å². The van der Waals surface area contributed by atoms with Gasteiger partial charge in [0.1, 0.15) is 5.82 Å². The fourth-order valence-corrected chi connectivity index (χ4v) is 4.87. The van der Waals surface area contributed by atoms with Crippen molar-refractivity contribution in [3.05, 3.63) is 70.2 Å². The second-order valence-corrected chi connectivity index (χ2v) is 9.18. The van der Waals surface area contributed by atoms with Crippen molar-refractivity contribution >= 4 is 35.0 Å². The summed E-state index contributed by atoms with van der Waals surface area (Å²) in [6.07, 6.45) is 7.58. The first-order valence-electron chi connectivity index (χ1n) is 10.9. The van der Waals surface area contributed by atoms with Crippen LogP contribution in [0.2, 0.25) is 10.0 Å². The third-order valence-electron chi connectivity index (χ3n) is 6.16. The Morgan fingerprint density at radius 1 is 0.903 bits per heavy atom. The molecule has 4 rings (SSSR count). The second kappa shape index (κ2) is 10.3. The van der Waals surface area contributed by atoms with Crippen LogP contribution in [0.15, 0.2) is 54.6 Å². The number of anilines is 2. The topological polar surface area (TPSA) is 63.8 Å². The van der Waals surface area contributed by atoms with E-state index in [9.17, 15) is 0 Å². The van der Waals surface area contributed by atoms with Crippen LogP contribution < -0.4 is 11.1 Å². The van der Waals surface area contributed by atoms with Crippen LogP contribution in [-0.4, -0.2) is 16.5 Å². The van der Waals surface area contributed by atoms with E-state index in [1.807, 2.05) is 18.2 Å². The molecule has 3 N–H and O–H groups in total. The molecule has 0 radical (unpaired) electrons. The summed E-state index contributed by atoms with van der Waals surface area (Å²) in [5, 5.41) is 4.39. The molecule has 0 amide bonds. The van der Waals surface area contributed by atoms with Crippen molar-refractivity contribution in [1.82, 2.24) is 9.97 Å². The summed E-state index contributed by atoms with van der Waals surface area (Å²) in [5.41, 5.74) is 8.83. The van der Waals surface area contributed by atoms with Crippen LogP contribution in [0.1, 0.15) is 37.7 Å². The SMILES string of the molecule is Nc1nc(NCCC2CCC(Cc3ccccc3)CC2)cc(-c2cccc(Cl)c2Cl)n1. The molecule has 4 nitrogen and oxygen atoms in total. The maximum Gasteiger partial charge on any atom is 0.222 e. The van der Waals surface area contributed by atoms with E-state index in [0.29, 0.717) is 15.7 Å². The number of nitrogens with one attached hydrogen (secondary N) is 1. The van der Waals surface area contributed by atoms with Crippen molar-refractivity contribution in [3.63, 3.8) is 0 Å². The van der Waals surface area contributed by atoms with Gasteiger partial charge in [-0.1, -0.05) is 78.5 Å². The number of nitrogens with zero attached hydrogens (tertiary/aromatic N) is 2. The van der Waals surface area contributed by atoms with Gasteiger partial charge in [0.15, 0.2) is 0 Å². The quantitative estimate of drug-likeness (QED) is 0.408. The standard InChI is InChI=1S/C25H28Cl2N4/c26-21-8-4-7-20(24(21)27)22-16-23(31-25(28)30-22)29-14-13-17-9-11-19(12-10-17)15-18-5-2-1-3-6-18/h1-8,16-17,19H,9-15H2,(H3,28,29,30,31). The van der Waals surface area contributed by atoms with Gasteiger partial charge in [0.05, 0.1) is 15.7 Å². The third-order valence-corrected chi connectivity index (χ3v) is 6.98. The summed E-state index contributed by atoms with van der Waals surface area (Å²) in [5.74, 6) is 2.52. The number of nitrogens with two attached hydrogens (primary N) is 1. The van der Waals surface area contributed by atoms with Crippen LogP contribution in [0.3, 0.4) is 0 Å². The molecular weight excluding hydrogens is 427 g/mol. The zero-order valence-corrected chi connectivity index (χ0v) is 19.0. The summed E-state index contributed by atoms with van der Waals surface area (Å²) in [6.45, 7) is 0.868. The lowest BCUT2D eigenvalue weighted by molar-refractivity contribution is 0.266. The lowest BCUT2D eigenvalue weighted by Gasteiger charge is -2.28. The van der Waals surface area contributed by atoms with E-state index in [0.717, 1.165) is 36.2 Å². The Balaban J connectivity index is 1.28. The second-order valence-electron chi connectivity index (χ2n) is 8.39. The van der Waals surface area contributed by atoms with Crippen LogP contribution in [0, 0.1) is 11.8 Å². The van der Waals surface area contributed by atoms with Gasteiger partial charge in [-0.05, 0) is 49.1 Å². The molecule has 0 bridgehead atoms. The maximum absolute atomic E-state index is 6.35. The summed E-state index contributed by atoms with van der Waals surface area (Å²) in [6, 6.07) is 18.2. The minimum atomic E-state index is 0.220. The molecule has 1 aliphatic rings. The zero-order chi connectivity index (χ0) is 21.6. The Hall–Kier alpha value is -2.30. The predicted molar refractivity (Wildman–Crippen MR) is 131 cm³/mol. The van der Waals surface area contributed by atoms with Gasteiger partial charge in [0.25, 0.3) is 0 Å². The van der Waals surface area contributed by atoms with E-state index in [1.54, 1.807) is 6.07 Å². The molecule has 0 saturated heterocycles. The molecule has 3 aromatic rings. The largest absolute Gasteiger partial charge is 0.370 e. The van der Waals surface area contributed by atoms with Gasteiger partial charge in [-0.3, -0.25) is 0 Å². The van der Waals surface area contributed by atoms with Crippen molar-refractivity contribution in [3.8, 4) is 11.3 Å². The number of aromatic nitrogens is 2. The van der Waals surface area contributed by atoms with Crippen LogP contribution in [0.5, 0.6) is 0 Å². The van der Waals surface area contributed by atoms with E-state index in [-0.39, 0.29) is 5.95 Å². The number of halogens is 2. The number of hydrogen-bond acceptors (Lipinski definition) is 4. The van der Waals surface area contributed by atoms with Crippen LogP contribution in [0.4, 0.5) is 11.8 Å². The summed E-state index contributed by atoms with van der Waals surface area (Å²) >= 11 is 12.5. The predicted octanol–water partition coefficient (Wildman–Crippen LogP) is 6.88. The molecule has 1 aliphatic carbocycles. The first kappa shape index (κ1) is 21.9. The number of hydrogen-bond donors (Lipinski definition) is 2. The van der Waals surface area contributed by atoms with Crippen molar-refractivity contribution in [2.75, 3.05) is 17.6 Å². The Morgan fingerprint density at radius 3 is 2.42 bits per heavy atom. The molecule has 31 heavy (non-hydrogen) atoms. The van der Waals surface area contributed by atoms with E-state index in [2.05, 4.69) is 45.6 Å². The van der Waals surface area contributed by atoms with Crippen LogP contribution >= 0.6 is 23.2 Å². The Kier molecular flexibility index (Phi) is 7.31. The number of rotatable bonds is 7. The average molecular weight is 455 g/mol. The molecule has 6 heteroatoms. The van der Waals surface area contributed by atoms with Gasteiger partial charge in [-0.2, -0.15) is 4.98 Å². The molecule has 0 unspecified atom stereocenters. The van der Waals surface area contributed by atoms with Crippen molar-refractivity contribution in [2.45, 2.75) is 38.5 Å². The molecule has 0 atom stereocenters. The molecule has 0 aliphatic heterocycles. The smallest absolute Gasteiger partial charge is 0.222 e. The maximum atomic E-state index is 6.35. The highest BCUT2D eigenvalue weighted by atomic mass is 35.5. The van der Waals surface area contributed by atoms with Gasteiger partial charge in [-0.15, -0.1) is 0 Å².